The molecule has 4 aromatic rings. The van der Waals surface area contributed by atoms with Gasteiger partial charge in [0.25, 0.3) is 11.8 Å². The van der Waals surface area contributed by atoms with Gasteiger partial charge in [0, 0.05) is 24.8 Å². The zero-order chi connectivity index (χ0) is 29.4. The number of nitriles is 1. The van der Waals surface area contributed by atoms with E-state index in [2.05, 4.69) is 30.9 Å². The third-order valence-corrected chi connectivity index (χ3v) is 6.10. The number of amides is 2. The number of nitrogens with zero attached hydrogens (tertiary/aromatic N) is 4. The predicted molar refractivity (Wildman–Crippen MR) is 150 cm³/mol. The second-order valence-electron chi connectivity index (χ2n) is 9.00. The van der Waals surface area contributed by atoms with Crippen molar-refractivity contribution in [2.24, 2.45) is 0 Å². The van der Waals surface area contributed by atoms with Gasteiger partial charge in [-0.15, -0.1) is 0 Å². The zero-order valence-corrected chi connectivity index (χ0v) is 22.1. The number of aliphatic hydroxyl groups is 1. The molecule has 0 saturated heterocycles. The summed E-state index contributed by atoms with van der Waals surface area (Å²) in [6, 6.07) is 16.2. The van der Waals surface area contributed by atoms with Gasteiger partial charge in [-0.25, -0.2) is 19.3 Å². The molecular formula is C29H27FN8O3. The van der Waals surface area contributed by atoms with Gasteiger partial charge in [0.2, 0.25) is 0 Å². The molecule has 2 aromatic heterocycles. The first kappa shape index (κ1) is 28.6. The minimum atomic E-state index is -0.534. The SMILES string of the molecule is CC(NC(=O)c1cc(C#N)cnc1NCc1ccc(-c2cnc(N)c(C(=O)NCCO)n2)cc1)c1ccc(F)cc1. The minimum Gasteiger partial charge on any atom is -0.395 e. The van der Waals surface area contributed by atoms with E-state index >= 15 is 0 Å². The highest BCUT2D eigenvalue weighted by Crippen LogP contribution is 2.21. The molecule has 0 aliphatic heterocycles. The van der Waals surface area contributed by atoms with Gasteiger partial charge in [-0.1, -0.05) is 36.4 Å². The summed E-state index contributed by atoms with van der Waals surface area (Å²) in [5, 5.41) is 26.8. The quantitative estimate of drug-likeness (QED) is 0.197. The molecule has 0 bridgehead atoms. The molecule has 208 valence electrons. The van der Waals surface area contributed by atoms with Crippen molar-refractivity contribution in [1.82, 2.24) is 25.6 Å². The molecule has 1 unspecified atom stereocenters. The van der Waals surface area contributed by atoms with E-state index in [-0.39, 0.29) is 41.6 Å². The summed E-state index contributed by atoms with van der Waals surface area (Å²) in [4.78, 5) is 38.0. The van der Waals surface area contributed by atoms with E-state index < -0.39 is 17.9 Å². The highest BCUT2D eigenvalue weighted by molar-refractivity contribution is 5.99. The fourth-order valence-electron chi connectivity index (χ4n) is 3.89. The largest absolute Gasteiger partial charge is 0.395 e. The van der Waals surface area contributed by atoms with Gasteiger partial charge >= 0.3 is 0 Å². The summed E-state index contributed by atoms with van der Waals surface area (Å²) in [7, 11) is 0. The van der Waals surface area contributed by atoms with Crippen molar-refractivity contribution >= 4 is 23.5 Å². The number of nitrogen functional groups attached to an aromatic ring is 1. The van der Waals surface area contributed by atoms with Crippen LogP contribution < -0.4 is 21.7 Å². The first-order valence-electron chi connectivity index (χ1n) is 12.6. The number of nitrogens with one attached hydrogen (secondary N) is 3. The number of aromatic nitrogens is 3. The standard InChI is InChI=1S/C29H27FN8O3/c1-17(20-6-8-22(30)9-7-20)37-28(40)23-12-19(13-31)15-36-27(23)35-14-18-2-4-21(5-3-18)24-16-34-26(32)25(38-24)29(41)33-10-11-39/h2-9,12,15-17,39H,10-11,14H2,1H3,(H2,32,34)(H,33,41)(H,35,36)(H,37,40). The van der Waals surface area contributed by atoms with Crippen molar-refractivity contribution in [3.05, 3.63) is 101 Å². The van der Waals surface area contributed by atoms with E-state index in [0.717, 1.165) is 11.1 Å². The molecule has 11 nitrogen and oxygen atoms in total. The van der Waals surface area contributed by atoms with Crippen LogP contribution in [0, 0.1) is 17.1 Å². The maximum atomic E-state index is 13.3. The van der Waals surface area contributed by atoms with Crippen molar-refractivity contribution in [3.8, 4) is 17.3 Å². The van der Waals surface area contributed by atoms with Gasteiger partial charge in [-0.2, -0.15) is 5.26 Å². The fourth-order valence-corrected chi connectivity index (χ4v) is 3.89. The number of benzene rings is 2. The Morgan fingerprint density at radius 3 is 2.49 bits per heavy atom. The summed E-state index contributed by atoms with van der Waals surface area (Å²) in [5.74, 6) is -1.07. The number of pyridine rings is 1. The van der Waals surface area contributed by atoms with Gasteiger partial charge in [-0.05, 0) is 36.2 Å². The molecule has 0 aliphatic carbocycles. The number of halogens is 1. The van der Waals surface area contributed by atoms with Crippen LogP contribution in [0.3, 0.4) is 0 Å². The maximum Gasteiger partial charge on any atom is 0.273 e. The van der Waals surface area contributed by atoms with Crippen LogP contribution in [0.4, 0.5) is 16.0 Å². The molecule has 2 amide bonds. The van der Waals surface area contributed by atoms with E-state index in [1.54, 1.807) is 31.2 Å². The first-order valence-corrected chi connectivity index (χ1v) is 12.6. The lowest BCUT2D eigenvalue weighted by Gasteiger charge is -2.16. The van der Waals surface area contributed by atoms with Crippen molar-refractivity contribution < 1.29 is 19.1 Å². The predicted octanol–water partition coefficient (Wildman–Crippen LogP) is 2.96. The zero-order valence-electron chi connectivity index (χ0n) is 22.1. The van der Waals surface area contributed by atoms with Crippen molar-refractivity contribution in [2.45, 2.75) is 19.5 Å². The molecule has 1 atom stereocenters. The van der Waals surface area contributed by atoms with Gasteiger partial charge < -0.3 is 26.8 Å². The third-order valence-electron chi connectivity index (χ3n) is 6.10. The molecule has 0 fully saturated rings. The summed E-state index contributed by atoms with van der Waals surface area (Å²) in [6.07, 6.45) is 2.84. The summed E-state index contributed by atoms with van der Waals surface area (Å²) < 4.78 is 13.3. The minimum absolute atomic E-state index is 0.0215. The lowest BCUT2D eigenvalue weighted by atomic mass is 10.1. The second-order valence-corrected chi connectivity index (χ2v) is 9.00. The molecule has 41 heavy (non-hydrogen) atoms. The summed E-state index contributed by atoms with van der Waals surface area (Å²) in [6.45, 7) is 1.94. The van der Waals surface area contributed by atoms with Crippen molar-refractivity contribution in [1.29, 1.82) is 5.26 Å². The van der Waals surface area contributed by atoms with E-state index in [4.69, 9.17) is 10.8 Å². The number of aliphatic hydroxyl groups excluding tert-OH is 1. The Kier molecular flexibility index (Phi) is 9.13. The van der Waals surface area contributed by atoms with Crippen LogP contribution >= 0.6 is 0 Å². The Hall–Kier alpha value is -5.41. The number of nitrogens with two attached hydrogens (primary N) is 1. The maximum absolute atomic E-state index is 13.3. The number of carbonyl (C=O) groups excluding carboxylic acids is 2. The van der Waals surface area contributed by atoms with Gasteiger partial charge in [0.15, 0.2) is 11.5 Å². The number of hydrogen-bond acceptors (Lipinski definition) is 9. The Morgan fingerprint density at radius 2 is 1.80 bits per heavy atom. The topological polar surface area (TPSA) is 179 Å². The lowest BCUT2D eigenvalue weighted by molar-refractivity contribution is 0.0932. The first-order chi connectivity index (χ1) is 19.8. The van der Waals surface area contributed by atoms with Gasteiger partial charge in [-0.3, -0.25) is 9.59 Å². The molecule has 0 radical (unpaired) electrons. The lowest BCUT2D eigenvalue weighted by Crippen LogP contribution is -2.28. The Bertz CT molecular complexity index is 1590. The Labute approximate surface area is 235 Å². The van der Waals surface area contributed by atoms with E-state index in [1.165, 1.54) is 30.6 Å². The van der Waals surface area contributed by atoms with Crippen LogP contribution in [0.25, 0.3) is 11.3 Å². The van der Waals surface area contributed by atoms with Crippen molar-refractivity contribution in [2.75, 3.05) is 24.2 Å². The van der Waals surface area contributed by atoms with Crippen molar-refractivity contribution in [3.63, 3.8) is 0 Å². The Morgan fingerprint density at radius 1 is 1.07 bits per heavy atom. The monoisotopic (exact) mass is 554 g/mol. The molecule has 2 aromatic carbocycles. The second kappa shape index (κ2) is 13.1. The van der Waals surface area contributed by atoms with E-state index in [1.807, 2.05) is 18.2 Å². The average molecular weight is 555 g/mol. The fraction of sp³-hybridized carbons (Fsp3) is 0.172. The molecule has 0 saturated carbocycles. The summed E-state index contributed by atoms with van der Waals surface area (Å²) in [5.41, 5.74) is 8.91. The number of anilines is 2. The molecule has 12 heteroatoms. The van der Waals surface area contributed by atoms with Crippen LogP contribution in [-0.2, 0) is 6.54 Å². The van der Waals surface area contributed by atoms with Crippen LogP contribution in [0.2, 0.25) is 0 Å². The summed E-state index contributed by atoms with van der Waals surface area (Å²) >= 11 is 0. The van der Waals surface area contributed by atoms with Crippen LogP contribution in [0.5, 0.6) is 0 Å². The normalized spacial score (nSPS) is 11.3. The molecule has 6 N–H and O–H groups in total. The van der Waals surface area contributed by atoms with Crippen LogP contribution in [0.1, 0.15) is 50.5 Å². The molecular weight excluding hydrogens is 527 g/mol. The molecule has 4 rings (SSSR count). The molecule has 0 aliphatic rings. The molecule has 2 heterocycles. The number of rotatable bonds is 10. The third kappa shape index (κ3) is 7.17. The highest BCUT2D eigenvalue weighted by Gasteiger charge is 2.18. The van der Waals surface area contributed by atoms with Gasteiger partial charge in [0.1, 0.15) is 17.7 Å². The van der Waals surface area contributed by atoms with Crippen LogP contribution in [0.15, 0.2) is 67.0 Å². The van der Waals surface area contributed by atoms with E-state index in [0.29, 0.717) is 23.6 Å². The number of carbonyl (C=O) groups is 2. The smallest absolute Gasteiger partial charge is 0.273 e. The Balaban J connectivity index is 1.47. The van der Waals surface area contributed by atoms with Crippen LogP contribution in [-0.4, -0.2) is 45.0 Å². The average Bonchev–Trinajstić information content (AvgIpc) is 2.99. The van der Waals surface area contributed by atoms with Gasteiger partial charge in [0.05, 0.1) is 35.7 Å². The molecule has 0 spiro atoms. The highest BCUT2D eigenvalue weighted by atomic mass is 19.1. The van der Waals surface area contributed by atoms with E-state index in [9.17, 15) is 19.2 Å². The number of hydrogen-bond donors (Lipinski definition) is 5.